The summed E-state index contributed by atoms with van der Waals surface area (Å²) in [7, 11) is -3.61. The SMILES string of the molecule is CC1(C)CCC(C)(C)c2cc(N(c3ccc(C(=O)O)cc3)S(C)(=O)=O)ccc21. The maximum atomic E-state index is 12.6. The molecule has 0 heterocycles. The van der Waals surface area contributed by atoms with Crippen molar-refractivity contribution in [2.24, 2.45) is 0 Å². The molecule has 150 valence electrons. The molecule has 1 aliphatic carbocycles. The zero-order valence-electron chi connectivity index (χ0n) is 17.0. The molecule has 0 atom stereocenters. The van der Waals surface area contributed by atoms with Crippen molar-refractivity contribution in [2.45, 2.75) is 51.4 Å². The molecule has 28 heavy (non-hydrogen) atoms. The van der Waals surface area contributed by atoms with Gasteiger partial charge in [-0.05, 0) is 71.2 Å². The summed E-state index contributed by atoms with van der Waals surface area (Å²) in [5, 5.41) is 9.10. The first-order valence-corrected chi connectivity index (χ1v) is 11.2. The van der Waals surface area contributed by atoms with E-state index < -0.39 is 16.0 Å². The number of hydrogen-bond acceptors (Lipinski definition) is 3. The van der Waals surface area contributed by atoms with Gasteiger partial charge in [0.1, 0.15) is 0 Å². The number of nitrogens with zero attached hydrogens (tertiary/aromatic N) is 1. The molecule has 0 fully saturated rings. The van der Waals surface area contributed by atoms with E-state index in [-0.39, 0.29) is 16.4 Å². The van der Waals surface area contributed by atoms with Gasteiger partial charge in [-0.2, -0.15) is 0 Å². The Bertz CT molecular complexity index is 1020. The van der Waals surface area contributed by atoms with E-state index in [9.17, 15) is 13.2 Å². The van der Waals surface area contributed by atoms with E-state index in [1.54, 1.807) is 0 Å². The molecular formula is C22H27NO4S. The molecule has 0 saturated heterocycles. The Morgan fingerprint density at radius 3 is 1.89 bits per heavy atom. The minimum absolute atomic E-state index is 0.0441. The fraction of sp³-hybridized carbons (Fsp3) is 0.409. The van der Waals surface area contributed by atoms with Crippen LogP contribution in [-0.4, -0.2) is 25.7 Å². The van der Waals surface area contributed by atoms with Crippen molar-refractivity contribution in [1.29, 1.82) is 0 Å². The maximum Gasteiger partial charge on any atom is 0.335 e. The fourth-order valence-electron chi connectivity index (χ4n) is 3.97. The quantitative estimate of drug-likeness (QED) is 0.796. The van der Waals surface area contributed by atoms with Gasteiger partial charge in [0.15, 0.2) is 0 Å². The lowest BCUT2D eigenvalue weighted by atomic mass is 9.63. The van der Waals surface area contributed by atoms with E-state index in [0.29, 0.717) is 11.4 Å². The molecular weight excluding hydrogens is 374 g/mol. The number of rotatable bonds is 4. The standard InChI is InChI=1S/C22H27NO4S/c1-21(2)12-13-22(3,4)19-14-17(10-11-18(19)21)23(28(5,26)27)16-8-6-15(7-9-16)20(24)25/h6-11,14H,12-13H2,1-5H3,(H,24,25). The summed E-state index contributed by atoms with van der Waals surface area (Å²) < 4.78 is 26.5. The lowest BCUT2D eigenvalue weighted by molar-refractivity contribution is 0.0697. The number of carboxylic acids is 1. The Kier molecular flexibility index (Phi) is 4.82. The van der Waals surface area contributed by atoms with Crippen molar-refractivity contribution >= 4 is 27.4 Å². The van der Waals surface area contributed by atoms with Crippen LogP contribution < -0.4 is 4.31 Å². The molecule has 3 rings (SSSR count). The molecule has 0 aromatic heterocycles. The third kappa shape index (κ3) is 3.65. The molecule has 0 bridgehead atoms. The summed E-state index contributed by atoms with van der Waals surface area (Å²) in [6, 6.07) is 11.7. The highest BCUT2D eigenvalue weighted by atomic mass is 32.2. The molecule has 0 aliphatic heterocycles. The van der Waals surface area contributed by atoms with Gasteiger partial charge in [0, 0.05) is 0 Å². The van der Waals surface area contributed by atoms with Crippen molar-refractivity contribution in [1.82, 2.24) is 0 Å². The van der Waals surface area contributed by atoms with Crippen molar-refractivity contribution in [3.63, 3.8) is 0 Å². The smallest absolute Gasteiger partial charge is 0.335 e. The van der Waals surface area contributed by atoms with Crippen LogP contribution in [0.1, 0.15) is 62.0 Å². The van der Waals surface area contributed by atoms with Crippen molar-refractivity contribution in [3.05, 3.63) is 59.2 Å². The van der Waals surface area contributed by atoms with Gasteiger partial charge in [0.2, 0.25) is 10.0 Å². The minimum atomic E-state index is -3.61. The molecule has 1 aliphatic rings. The van der Waals surface area contributed by atoms with Crippen molar-refractivity contribution < 1.29 is 18.3 Å². The van der Waals surface area contributed by atoms with Gasteiger partial charge >= 0.3 is 5.97 Å². The molecule has 6 heteroatoms. The predicted molar refractivity (Wildman–Crippen MR) is 112 cm³/mol. The highest BCUT2D eigenvalue weighted by Crippen LogP contribution is 2.47. The largest absolute Gasteiger partial charge is 0.478 e. The van der Waals surface area contributed by atoms with Gasteiger partial charge in [-0.25, -0.2) is 17.5 Å². The summed E-state index contributed by atoms with van der Waals surface area (Å²) in [5.74, 6) is -1.05. The Hall–Kier alpha value is -2.34. The normalized spacial score (nSPS) is 17.6. The lowest BCUT2D eigenvalue weighted by Crippen LogP contribution is -2.34. The van der Waals surface area contributed by atoms with Crippen LogP contribution in [0, 0.1) is 0 Å². The number of fused-ring (bicyclic) bond motifs is 1. The first kappa shape index (κ1) is 20.4. The monoisotopic (exact) mass is 401 g/mol. The molecule has 0 radical (unpaired) electrons. The van der Waals surface area contributed by atoms with Crippen LogP contribution in [0.2, 0.25) is 0 Å². The average molecular weight is 402 g/mol. The van der Waals surface area contributed by atoms with Gasteiger partial charge in [-0.1, -0.05) is 33.8 Å². The van der Waals surface area contributed by atoms with Gasteiger partial charge in [-0.3, -0.25) is 0 Å². The summed E-state index contributed by atoms with van der Waals surface area (Å²) in [4.78, 5) is 11.1. The number of benzene rings is 2. The van der Waals surface area contributed by atoms with Crippen LogP contribution in [0.3, 0.4) is 0 Å². The van der Waals surface area contributed by atoms with Crippen LogP contribution in [0.25, 0.3) is 0 Å². The Labute approximate surface area is 167 Å². The third-order valence-electron chi connectivity index (χ3n) is 5.75. The summed E-state index contributed by atoms with van der Waals surface area (Å²) in [6.07, 6.45) is 3.27. The van der Waals surface area contributed by atoms with Crippen molar-refractivity contribution in [3.8, 4) is 0 Å². The third-order valence-corrected chi connectivity index (χ3v) is 6.84. The lowest BCUT2D eigenvalue weighted by Gasteiger charge is -2.42. The van der Waals surface area contributed by atoms with Crippen molar-refractivity contribution in [2.75, 3.05) is 10.6 Å². The van der Waals surface area contributed by atoms with E-state index in [1.165, 1.54) is 34.1 Å². The van der Waals surface area contributed by atoms with Crippen LogP contribution in [0.5, 0.6) is 0 Å². The Morgan fingerprint density at radius 2 is 1.39 bits per heavy atom. The van der Waals surface area contributed by atoms with Gasteiger partial charge < -0.3 is 5.11 Å². The highest BCUT2D eigenvalue weighted by Gasteiger charge is 2.37. The predicted octanol–water partition coefficient (Wildman–Crippen LogP) is 4.83. The minimum Gasteiger partial charge on any atom is -0.478 e. The fourth-order valence-corrected chi connectivity index (χ4v) is 4.98. The van der Waals surface area contributed by atoms with Crippen LogP contribution in [-0.2, 0) is 20.9 Å². The number of hydrogen-bond donors (Lipinski definition) is 1. The molecule has 1 N–H and O–H groups in total. The topological polar surface area (TPSA) is 74.7 Å². The first-order valence-electron chi connectivity index (χ1n) is 9.32. The summed E-state index contributed by atoms with van der Waals surface area (Å²) in [5.41, 5.74) is 3.51. The molecule has 0 saturated carbocycles. The van der Waals surface area contributed by atoms with E-state index in [0.717, 1.165) is 24.7 Å². The molecule has 2 aromatic carbocycles. The highest BCUT2D eigenvalue weighted by molar-refractivity contribution is 7.92. The number of aromatic carboxylic acids is 1. The number of sulfonamides is 1. The maximum absolute atomic E-state index is 12.6. The molecule has 5 nitrogen and oxygen atoms in total. The van der Waals surface area contributed by atoms with Gasteiger partial charge in [0.05, 0.1) is 23.2 Å². The Morgan fingerprint density at radius 1 is 0.893 bits per heavy atom. The zero-order chi connectivity index (χ0) is 20.9. The van der Waals surface area contributed by atoms with Gasteiger partial charge in [0.25, 0.3) is 0 Å². The van der Waals surface area contributed by atoms with E-state index in [4.69, 9.17) is 5.11 Å². The number of anilines is 2. The van der Waals surface area contributed by atoms with Crippen LogP contribution in [0.4, 0.5) is 11.4 Å². The molecule has 2 aromatic rings. The second-order valence-corrected chi connectivity index (χ2v) is 10.7. The van der Waals surface area contributed by atoms with Crippen LogP contribution >= 0.6 is 0 Å². The van der Waals surface area contributed by atoms with E-state index in [2.05, 4.69) is 27.7 Å². The molecule has 0 spiro atoms. The van der Waals surface area contributed by atoms with Crippen LogP contribution in [0.15, 0.2) is 42.5 Å². The van der Waals surface area contributed by atoms with E-state index in [1.807, 2.05) is 18.2 Å². The molecule has 0 amide bonds. The first-order chi connectivity index (χ1) is 12.8. The molecule has 0 unspecified atom stereocenters. The zero-order valence-corrected chi connectivity index (χ0v) is 17.8. The summed E-state index contributed by atoms with van der Waals surface area (Å²) in [6.45, 7) is 8.83. The van der Waals surface area contributed by atoms with E-state index >= 15 is 0 Å². The number of carboxylic acid groups (broad SMARTS) is 1. The Balaban J connectivity index is 2.17. The second kappa shape index (κ2) is 6.62. The average Bonchev–Trinajstić information content (AvgIpc) is 2.58. The van der Waals surface area contributed by atoms with Gasteiger partial charge in [-0.15, -0.1) is 0 Å². The second-order valence-electron chi connectivity index (χ2n) is 8.88. The number of carbonyl (C=O) groups is 1. The summed E-state index contributed by atoms with van der Waals surface area (Å²) >= 11 is 0.